The fourth-order valence-electron chi connectivity index (χ4n) is 1.99. The second kappa shape index (κ2) is 9.09. The smallest absolute Gasteiger partial charge is 0.421 e. The van der Waals surface area contributed by atoms with Crippen LogP contribution in [0, 0.1) is 0 Å². The molecule has 0 aliphatic carbocycles. The normalized spacial score (nSPS) is 11.2. The molecule has 0 fully saturated rings. The van der Waals surface area contributed by atoms with E-state index in [1.54, 1.807) is 0 Å². The van der Waals surface area contributed by atoms with Crippen LogP contribution in [0.25, 0.3) is 0 Å². The van der Waals surface area contributed by atoms with Gasteiger partial charge < -0.3 is 14.6 Å². The molecule has 0 radical (unpaired) electrons. The van der Waals surface area contributed by atoms with Gasteiger partial charge in [-0.1, -0.05) is 6.42 Å². The van der Waals surface area contributed by atoms with Crippen LogP contribution >= 0.6 is 0 Å². The van der Waals surface area contributed by atoms with E-state index in [-0.39, 0.29) is 5.97 Å². The number of ether oxygens (including phenoxy) is 1. The maximum absolute atomic E-state index is 12.6. The number of aromatic nitrogens is 1. The molecule has 9 heteroatoms. The molecule has 0 spiro atoms. The summed E-state index contributed by atoms with van der Waals surface area (Å²) < 4.78 is 43.1. The molecule has 0 bridgehead atoms. The Bertz CT molecular complexity index is 626. The molecule has 0 aromatic carbocycles. The maximum Gasteiger partial charge on any atom is 0.421 e. The molecule has 0 aliphatic rings. The van der Waals surface area contributed by atoms with Gasteiger partial charge in [0.1, 0.15) is 12.1 Å². The molecule has 0 saturated heterocycles. The number of methoxy groups -OCH3 is 1. The zero-order chi connectivity index (χ0) is 18.2. The SMILES string of the molecule is COC(=O)CCCCCNC(=O)Cn1cccc(C(F)(F)F)c1=O. The number of nitrogens with zero attached hydrogens (tertiary/aromatic N) is 1. The first-order valence-corrected chi connectivity index (χ1v) is 7.36. The summed E-state index contributed by atoms with van der Waals surface area (Å²) in [7, 11) is 1.30. The minimum Gasteiger partial charge on any atom is -0.469 e. The second-order valence-corrected chi connectivity index (χ2v) is 5.09. The van der Waals surface area contributed by atoms with Gasteiger partial charge in [-0.15, -0.1) is 0 Å². The lowest BCUT2D eigenvalue weighted by Crippen LogP contribution is -2.35. The van der Waals surface area contributed by atoms with Crippen molar-refractivity contribution >= 4 is 11.9 Å². The molecule has 0 unspecified atom stereocenters. The number of carbonyl (C=O) groups excluding carboxylic acids is 2. The van der Waals surface area contributed by atoms with E-state index in [9.17, 15) is 27.6 Å². The van der Waals surface area contributed by atoms with Crippen LogP contribution in [0.3, 0.4) is 0 Å². The average Bonchev–Trinajstić information content (AvgIpc) is 2.51. The Morgan fingerprint density at radius 3 is 2.58 bits per heavy atom. The number of hydrogen-bond donors (Lipinski definition) is 1. The highest BCUT2D eigenvalue weighted by atomic mass is 19.4. The monoisotopic (exact) mass is 348 g/mol. The average molecular weight is 348 g/mol. The van der Waals surface area contributed by atoms with Crippen LogP contribution in [0.5, 0.6) is 0 Å². The predicted molar refractivity (Wildman–Crippen MR) is 79.2 cm³/mol. The van der Waals surface area contributed by atoms with Crippen LogP contribution in [0.4, 0.5) is 13.2 Å². The standard InChI is InChI=1S/C15H19F3N2O4/c1-24-13(22)7-3-2-4-8-19-12(21)10-20-9-5-6-11(14(20)23)15(16,17)18/h5-6,9H,2-4,7-8,10H2,1H3,(H,19,21). The van der Waals surface area contributed by atoms with Gasteiger partial charge in [0.05, 0.1) is 7.11 Å². The molecular formula is C15H19F3N2O4. The molecule has 1 heterocycles. The highest BCUT2D eigenvalue weighted by Crippen LogP contribution is 2.25. The molecule has 0 aliphatic heterocycles. The quantitative estimate of drug-likeness (QED) is 0.573. The third kappa shape index (κ3) is 6.43. The van der Waals surface area contributed by atoms with Crippen LogP contribution in [0.1, 0.15) is 31.2 Å². The number of hydrogen-bond acceptors (Lipinski definition) is 4. The lowest BCUT2D eigenvalue weighted by Gasteiger charge is -2.10. The molecular weight excluding hydrogens is 329 g/mol. The van der Waals surface area contributed by atoms with E-state index in [2.05, 4.69) is 10.1 Å². The number of alkyl halides is 3. The lowest BCUT2D eigenvalue weighted by atomic mass is 10.2. The summed E-state index contributed by atoms with van der Waals surface area (Å²) in [6, 6.07) is 1.75. The molecule has 1 amide bonds. The number of unbranched alkanes of at least 4 members (excludes halogenated alkanes) is 2. The molecule has 134 valence electrons. The Morgan fingerprint density at radius 2 is 1.96 bits per heavy atom. The van der Waals surface area contributed by atoms with E-state index < -0.39 is 29.8 Å². The van der Waals surface area contributed by atoms with E-state index in [1.165, 1.54) is 7.11 Å². The van der Waals surface area contributed by atoms with Gasteiger partial charge in [0.15, 0.2) is 0 Å². The maximum atomic E-state index is 12.6. The Labute approximate surface area is 136 Å². The van der Waals surface area contributed by atoms with Crippen molar-refractivity contribution in [3.63, 3.8) is 0 Å². The number of nitrogens with one attached hydrogen (secondary N) is 1. The lowest BCUT2D eigenvalue weighted by molar-refractivity contribution is -0.141. The van der Waals surface area contributed by atoms with Crippen molar-refractivity contribution in [2.24, 2.45) is 0 Å². The molecule has 0 atom stereocenters. The summed E-state index contributed by atoms with van der Waals surface area (Å²) in [5, 5.41) is 2.52. The summed E-state index contributed by atoms with van der Waals surface area (Å²) in [6.45, 7) is -0.168. The third-order valence-electron chi connectivity index (χ3n) is 3.25. The molecule has 24 heavy (non-hydrogen) atoms. The molecule has 0 saturated carbocycles. The first kappa shape index (κ1) is 19.7. The van der Waals surface area contributed by atoms with E-state index in [4.69, 9.17) is 0 Å². The van der Waals surface area contributed by atoms with Crippen LogP contribution in [0.15, 0.2) is 23.1 Å². The van der Waals surface area contributed by atoms with Crippen LogP contribution < -0.4 is 10.9 Å². The van der Waals surface area contributed by atoms with Gasteiger partial charge in [-0.3, -0.25) is 14.4 Å². The van der Waals surface area contributed by atoms with Crippen molar-refractivity contribution in [3.8, 4) is 0 Å². The first-order chi connectivity index (χ1) is 11.3. The van der Waals surface area contributed by atoms with Crippen molar-refractivity contribution in [1.29, 1.82) is 0 Å². The number of carbonyl (C=O) groups is 2. The highest BCUT2D eigenvalue weighted by Gasteiger charge is 2.34. The molecule has 1 aromatic heterocycles. The Morgan fingerprint density at radius 1 is 1.25 bits per heavy atom. The third-order valence-corrected chi connectivity index (χ3v) is 3.25. The van der Waals surface area contributed by atoms with Crippen molar-refractivity contribution in [3.05, 3.63) is 34.2 Å². The number of amides is 1. The van der Waals surface area contributed by atoms with Gasteiger partial charge in [-0.2, -0.15) is 13.2 Å². The van der Waals surface area contributed by atoms with Gasteiger partial charge in [0.2, 0.25) is 5.91 Å². The molecule has 1 rings (SSSR count). The second-order valence-electron chi connectivity index (χ2n) is 5.09. The van der Waals surface area contributed by atoms with Gasteiger partial charge in [0.25, 0.3) is 5.56 Å². The predicted octanol–water partition coefficient (Wildman–Crippen LogP) is 1.72. The molecule has 1 aromatic rings. The van der Waals surface area contributed by atoms with Crippen LogP contribution in [-0.2, 0) is 27.0 Å². The van der Waals surface area contributed by atoms with Crippen molar-refractivity contribution in [2.75, 3.05) is 13.7 Å². The van der Waals surface area contributed by atoms with E-state index in [1.807, 2.05) is 0 Å². The van der Waals surface area contributed by atoms with E-state index in [0.29, 0.717) is 38.3 Å². The largest absolute Gasteiger partial charge is 0.469 e. The molecule has 1 N–H and O–H groups in total. The van der Waals surface area contributed by atoms with Crippen LogP contribution in [-0.4, -0.2) is 30.1 Å². The van der Waals surface area contributed by atoms with E-state index >= 15 is 0 Å². The van der Waals surface area contributed by atoms with Gasteiger partial charge in [-0.25, -0.2) is 0 Å². The fraction of sp³-hybridized carbons (Fsp3) is 0.533. The van der Waals surface area contributed by atoms with Crippen LogP contribution in [0.2, 0.25) is 0 Å². The minimum atomic E-state index is -4.75. The van der Waals surface area contributed by atoms with Gasteiger partial charge in [-0.05, 0) is 25.0 Å². The number of halogens is 3. The minimum absolute atomic E-state index is 0.296. The zero-order valence-corrected chi connectivity index (χ0v) is 13.2. The zero-order valence-electron chi connectivity index (χ0n) is 13.2. The first-order valence-electron chi connectivity index (χ1n) is 7.36. The summed E-state index contributed by atoms with van der Waals surface area (Å²) in [5.41, 5.74) is -2.56. The summed E-state index contributed by atoms with van der Waals surface area (Å²) >= 11 is 0. The van der Waals surface area contributed by atoms with Crippen molar-refractivity contribution in [2.45, 2.75) is 38.4 Å². The summed E-state index contributed by atoms with van der Waals surface area (Å²) in [5.74, 6) is -0.854. The number of esters is 1. The van der Waals surface area contributed by atoms with Crippen molar-refractivity contribution in [1.82, 2.24) is 9.88 Å². The summed E-state index contributed by atoms with van der Waals surface area (Å²) in [6.07, 6.45) is -1.40. The summed E-state index contributed by atoms with van der Waals surface area (Å²) in [4.78, 5) is 34.2. The van der Waals surface area contributed by atoms with E-state index in [0.717, 1.165) is 16.8 Å². The topological polar surface area (TPSA) is 77.4 Å². The Hall–Kier alpha value is -2.32. The fourth-order valence-corrected chi connectivity index (χ4v) is 1.99. The number of rotatable bonds is 8. The molecule has 6 nitrogen and oxygen atoms in total. The Kier molecular flexibility index (Phi) is 7.47. The number of pyridine rings is 1. The Balaban J connectivity index is 2.41. The van der Waals surface area contributed by atoms with Gasteiger partial charge in [0, 0.05) is 19.2 Å². The highest BCUT2D eigenvalue weighted by molar-refractivity contribution is 5.75. The van der Waals surface area contributed by atoms with Gasteiger partial charge >= 0.3 is 12.1 Å². The van der Waals surface area contributed by atoms with Crippen molar-refractivity contribution < 1.29 is 27.5 Å².